The summed E-state index contributed by atoms with van der Waals surface area (Å²) in [6.45, 7) is 13.2. The Morgan fingerprint density at radius 2 is 1.69 bits per heavy atom. The molecule has 7 heteroatoms. The van der Waals surface area contributed by atoms with E-state index in [-0.39, 0.29) is 16.5 Å². The molecule has 39 heavy (non-hydrogen) atoms. The molecule has 0 bridgehead atoms. The number of aromatic hydroxyl groups is 1. The molecule has 2 heterocycles. The fourth-order valence-corrected chi connectivity index (χ4v) is 5.80. The van der Waals surface area contributed by atoms with Crippen molar-refractivity contribution in [2.24, 2.45) is 5.41 Å². The van der Waals surface area contributed by atoms with Gasteiger partial charge < -0.3 is 19.1 Å². The van der Waals surface area contributed by atoms with Crippen LogP contribution >= 0.6 is 11.8 Å². The van der Waals surface area contributed by atoms with Gasteiger partial charge in [0.15, 0.2) is 0 Å². The molecule has 0 fully saturated rings. The van der Waals surface area contributed by atoms with Crippen molar-refractivity contribution in [1.82, 2.24) is 9.55 Å². The number of hydrogen-bond acceptors (Lipinski definition) is 6. The number of phenols is 1. The molecule has 0 aliphatic carbocycles. The molecule has 0 unspecified atom stereocenters. The molecule has 6 nitrogen and oxygen atoms in total. The van der Waals surface area contributed by atoms with Crippen LogP contribution in [0.1, 0.15) is 52.8 Å². The van der Waals surface area contributed by atoms with Crippen LogP contribution in [0.15, 0.2) is 65.7 Å². The van der Waals surface area contributed by atoms with Crippen molar-refractivity contribution in [2.75, 3.05) is 13.7 Å². The summed E-state index contributed by atoms with van der Waals surface area (Å²) < 4.78 is 12.8. The lowest BCUT2D eigenvalue weighted by Gasteiger charge is -2.26. The van der Waals surface area contributed by atoms with Crippen molar-refractivity contribution in [3.63, 3.8) is 0 Å². The number of rotatable bonds is 9. The van der Waals surface area contributed by atoms with Crippen LogP contribution in [0.25, 0.3) is 22.0 Å². The monoisotopic (exact) mass is 546 g/mol. The number of phenolic OH excluding ortho intramolecular Hbond substituents is 1. The fourth-order valence-electron chi connectivity index (χ4n) is 4.62. The normalized spacial score (nSPS) is 12.1. The van der Waals surface area contributed by atoms with Crippen molar-refractivity contribution in [3.8, 4) is 22.8 Å². The highest BCUT2D eigenvalue weighted by atomic mass is 32.2. The summed E-state index contributed by atoms with van der Waals surface area (Å²) in [4.78, 5) is 18.3. The Labute approximate surface area is 235 Å². The van der Waals surface area contributed by atoms with Crippen molar-refractivity contribution < 1.29 is 19.4 Å². The van der Waals surface area contributed by atoms with Crippen molar-refractivity contribution in [3.05, 3.63) is 72.1 Å². The van der Waals surface area contributed by atoms with E-state index in [1.807, 2.05) is 51.2 Å². The number of nitrogens with zero attached hydrogens (tertiary/aromatic N) is 2. The number of esters is 1. The van der Waals surface area contributed by atoms with Crippen LogP contribution in [0.4, 0.5) is 0 Å². The third-order valence-corrected chi connectivity index (χ3v) is 7.79. The molecule has 0 spiro atoms. The van der Waals surface area contributed by atoms with Gasteiger partial charge in [-0.05, 0) is 56.2 Å². The second kappa shape index (κ2) is 11.3. The molecule has 0 amide bonds. The largest absolute Gasteiger partial charge is 0.508 e. The number of aromatic nitrogens is 2. The van der Waals surface area contributed by atoms with Gasteiger partial charge in [-0.3, -0.25) is 4.79 Å². The maximum absolute atomic E-state index is 12.9. The predicted octanol–water partition coefficient (Wildman–Crippen LogP) is 7.49. The predicted molar refractivity (Wildman–Crippen MR) is 159 cm³/mol. The summed E-state index contributed by atoms with van der Waals surface area (Å²) in [5.74, 6) is 0.598. The number of methoxy groups -OCH3 is 1. The quantitative estimate of drug-likeness (QED) is 0.173. The summed E-state index contributed by atoms with van der Waals surface area (Å²) in [6, 6.07) is 17.8. The molecule has 2 aromatic heterocycles. The number of pyridine rings is 1. The first-order chi connectivity index (χ1) is 18.4. The zero-order valence-corrected chi connectivity index (χ0v) is 24.7. The van der Waals surface area contributed by atoms with E-state index in [1.165, 1.54) is 0 Å². The second-order valence-electron chi connectivity index (χ2n) is 11.3. The van der Waals surface area contributed by atoms with Crippen LogP contribution in [0.5, 0.6) is 11.6 Å². The number of carbonyl (C=O) groups is 1. The minimum absolute atomic E-state index is 0.0680. The summed E-state index contributed by atoms with van der Waals surface area (Å²) >= 11 is 1.76. The van der Waals surface area contributed by atoms with Gasteiger partial charge in [0.1, 0.15) is 5.75 Å². The maximum atomic E-state index is 12.9. The van der Waals surface area contributed by atoms with Gasteiger partial charge in [-0.2, -0.15) is 0 Å². The van der Waals surface area contributed by atoms with Gasteiger partial charge in [-0.15, -0.1) is 11.8 Å². The van der Waals surface area contributed by atoms with Gasteiger partial charge >= 0.3 is 5.97 Å². The molecule has 206 valence electrons. The van der Waals surface area contributed by atoms with E-state index in [0.717, 1.165) is 38.2 Å². The lowest BCUT2D eigenvalue weighted by Crippen LogP contribution is -2.30. The molecular weight excluding hydrogens is 508 g/mol. The van der Waals surface area contributed by atoms with Crippen LogP contribution in [-0.2, 0) is 22.5 Å². The molecule has 4 rings (SSSR count). The van der Waals surface area contributed by atoms with Crippen LogP contribution in [0.3, 0.4) is 0 Å². The van der Waals surface area contributed by atoms with E-state index in [4.69, 9.17) is 9.47 Å². The van der Waals surface area contributed by atoms with Crippen LogP contribution in [0, 0.1) is 5.41 Å². The van der Waals surface area contributed by atoms with Crippen LogP contribution in [-0.4, -0.2) is 39.1 Å². The Bertz CT molecular complexity index is 1450. The Morgan fingerprint density at radius 1 is 1.00 bits per heavy atom. The Hall–Kier alpha value is -3.45. The highest BCUT2D eigenvalue weighted by Crippen LogP contribution is 2.44. The van der Waals surface area contributed by atoms with E-state index in [1.54, 1.807) is 24.9 Å². The number of fused-ring (bicyclic) bond motifs is 1. The summed E-state index contributed by atoms with van der Waals surface area (Å²) in [7, 11) is 1.61. The first kappa shape index (κ1) is 28.6. The third-order valence-electron chi connectivity index (χ3n) is 6.52. The van der Waals surface area contributed by atoms with Gasteiger partial charge in [0.05, 0.1) is 19.1 Å². The average molecular weight is 547 g/mol. The van der Waals surface area contributed by atoms with E-state index in [0.29, 0.717) is 25.5 Å². The number of ether oxygens (including phenoxy) is 2. The maximum Gasteiger partial charge on any atom is 0.311 e. The first-order valence-electron chi connectivity index (χ1n) is 13.2. The molecule has 1 N–H and O–H groups in total. The van der Waals surface area contributed by atoms with Gasteiger partial charge in [0, 0.05) is 57.0 Å². The summed E-state index contributed by atoms with van der Waals surface area (Å²) in [6.07, 6.45) is 2.32. The van der Waals surface area contributed by atoms with E-state index >= 15 is 0 Å². The molecule has 4 aromatic rings. The Kier molecular flexibility index (Phi) is 8.31. The standard InChI is InChI=1S/C32H38N2O4S/c1-8-38-30(36)32(5,6)18-27-29(39-31(2,3)4)25-17-24(35)14-15-26(25)34(27)20-21-9-11-22(12-10-21)23-13-16-28(37-7)33-19-23/h9-17,19,35H,8,18,20H2,1-7H3. The van der Waals surface area contributed by atoms with E-state index < -0.39 is 5.41 Å². The SMILES string of the molecule is CCOC(=O)C(C)(C)Cc1c(SC(C)(C)C)c2cc(O)ccc2n1Cc1ccc(-c2ccc(OC)nc2)cc1. The number of hydrogen-bond donors (Lipinski definition) is 1. The molecule has 0 atom stereocenters. The first-order valence-corrected chi connectivity index (χ1v) is 14.0. The number of benzene rings is 2. The van der Waals surface area contributed by atoms with E-state index in [9.17, 15) is 9.90 Å². The molecule has 0 aliphatic heterocycles. The number of thioether (sulfide) groups is 1. The molecular formula is C32H38N2O4S. The zero-order valence-electron chi connectivity index (χ0n) is 23.9. The van der Waals surface area contributed by atoms with Gasteiger partial charge in [0.25, 0.3) is 0 Å². The highest BCUT2D eigenvalue weighted by Gasteiger charge is 2.34. The van der Waals surface area contributed by atoms with Crippen molar-refractivity contribution in [2.45, 2.75) is 64.2 Å². The molecule has 0 radical (unpaired) electrons. The van der Waals surface area contributed by atoms with Crippen LogP contribution in [0.2, 0.25) is 0 Å². The molecule has 0 saturated heterocycles. The minimum Gasteiger partial charge on any atom is -0.508 e. The fraction of sp³-hybridized carbons (Fsp3) is 0.375. The van der Waals surface area contributed by atoms with Crippen molar-refractivity contribution in [1.29, 1.82) is 0 Å². The molecule has 2 aromatic carbocycles. The summed E-state index contributed by atoms with van der Waals surface area (Å²) in [5.41, 5.74) is 4.60. The average Bonchev–Trinajstić information content (AvgIpc) is 3.14. The summed E-state index contributed by atoms with van der Waals surface area (Å²) in [5, 5.41) is 11.4. The zero-order chi connectivity index (χ0) is 28.4. The minimum atomic E-state index is -0.720. The van der Waals surface area contributed by atoms with Gasteiger partial charge in [0.2, 0.25) is 5.88 Å². The van der Waals surface area contributed by atoms with Crippen molar-refractivity contribution >= 4 is 28.6 Å². The third kappa shape index (κ3) is 6.59. The second-order valence-corrected chi connectivity index (χ2v) is 13.2. The topological polar surface area (TPSA) is 73.6 Å². The molecule has 0 saturated carbocycles. The highest BCUT2D eigenvalue weighted by molar-refractivity contribution is 8.00. The Morgan fingerprint density at radius 3 is 2.28 bits per heavy atom. The number of carbonyl (C=O) groups excluding carboxylic acids is 1. The van der Waals surface area contributed by atoms with E-state index in [2.05, 4.69) is 54.6 Å². The molecule has 0 aliphatic rings. The van der Waals surface area contributed by atoms with Gasteiger partial charge in [-0.25, -0.2) is 4.98 Å². The smallest absolute Gasteiger partial charge is 0.311 e. The van der Waals surface area contributed by atoms with Gasteiger partial charge in [-0.1, -0.05) is 45.0 Å². The lowest BCUT2D eigenvalue weighted by atomic mass is 9.87. The lowest BCUT2D eigenvalue weighted by molar-refractivity contribution is -0.153. The van der Waals surface area contributed by atoms with Crippen LogP contribution < -0.4 is 4.74 Å². The Balaban J connectivity index is 1.79.